The van der Waals surface area contributed by atoms with Gasteiger partial charge in [0.15, 0.2) is 0 Å². The van der Waals surface area contributed by atoms with E-state index in [2.05, 4.69) is 14.9 Å². The van der Waals surface area contributed by atoms with Crippen LogP contribution in [-0.2, 0) is 6.54 Å². The summed E-state index contributed by atoms with van der Waals surface area (Å²) in [4.78, 5) is 11.2. The highest BCUT2D eigenvalue weighted by atomic mass is 15.2. The van der Waals surface area contributed by atoms with Crippen LogP contribution < -0.4 is 10.6 Å². The average Bonchev–Trinajstić information content (AvgIpc) is 2.49. The molecule has 2 aliphatic rings. The van der Waals surface area contributed by atoms with Gasteiger partial charge in [-0.05, 0) is 31.1 Å². The van der Waals surface area contributed by atoms with E-state index >= 15 is 0 Å². The molecular formula is C15H24N4. The van der Waals surface area contributed by atoms with Gasteiger partial charge in [-0.2, -0.15) is 0 Å². The van der Waals surface area contributed by atoms with Crippen LogP contribution in [0.2, 0.25) is 0 Å². The lowest BCUT2D eigenvalue weighted by Crippen LogP contribution is -2.41. The molecule has 0 amide bonds. The molecule has 1 spiro atoms. The van der Waals surface area contributed by atoms with E-state index in [9.17, 15) is 0 Å². The van der Waals surface area contributed by atoms with Crippen LogP contribution in [0.1, 0.15) is 50.6 Å². The first kappa shape index (κ1) is 12.9. The molecular weight excluding hydrogens is 236 g/mol. The highest BCUT2D eigenvalue weighted by Crippen LogP contribution is 2.44. The topological polar surface area (TPSA) is 55.0 Å². The van der Waals surface area contributed by atoms with Gasteiger partial charge >= 0.3 is 0 Å². The van der Waals surface area contributed by atoms with E-state index in [1.165, 1.54) is 44.9 Å². The van der Waals surface area contributed by atoms with Gasteiger partial charge in [0.05, 0.1) is 18.1 Å². The fourth-order valence-electron chi connectivity index (χ4n) is 3.63. The summed E-state index contributed by atoms with van der Waals surface area (Å²) < 4.78 is 0. The molecule has 4 nitrogen and oxygen atoms in total. The van der Waals surface area contributed by atoms with E-state index in [1.54, 1.807) is 6.20 Å². The monoisotopic (exact) mass is 260 g/mol. The second kappa shape index (κ2) is 5.45. The van der Waals surface area contributed by atoms with Crippen molar-refractivity contribution in [1.29, 1.82) is 0 Å². The molecule has 3 rings (SSSR count). The van der Waals surface area contributed by atoms with Crippen molar-refractivity contribution in [2.75, 3.05) is 18.0 Å². The van der Waals surface area contributed by atoms with E-state index in [0.717, 1.165) is 24.6 Å². The molecule has 19 heavy (non-hydrogen) atoms. The summed E-state index contributed by atoms with van der Waals surface area (Å²) in [6.07, 6.45) is 13.5. The summed E-state index contributed by atoms with van der Waals surface area (Å²) in [5.41, 5.74) is 7.07. The molecule has 1 aromatic heterocycles. The van der Waals surface area contributed by atoms with Crippen molar-refractivity contribution in [1.82, 2.24) is 9.97 Å². The quantitative estimate of drug-likeness (QED) is 0.887. The van der Waals surface area contributed by atoms with Gasteiger partial charge < -0.3 is 10.6 Å². The summed E-state index contributed by atoms with van der Waals surface area (Å²) in [7, 11) is 0. The lowest BCUT2D eigenvalue weighted by molar-refractivity contribution is 0.144. The summed E-state index contributed by atoms with van der Waals surface area (Å²) in [6.45, 7) is 2.74. The Morgan fingerprint density at radius 3 is 2.32 bits per heavy atom. The molecule has 0 bridgehead atoms. The van der Waals surface area contributed by atoms with Crippen LogP contribution in [-0.4, -0.2) is 23.1 Å². The summed E-state index contributed by atoms with van der Waals surface area (Å²) in [5.74, 6) is 1.02. The Kier molecular flexibility index (Phi) is 3.69. The Hall–Kier alpha value is -1.16. The second-order valence-electron chi connectivity index (χ2n) is 6.12. The molecule has 0 radical (unpaired) electrons. The molecule has 1 aliphatic carbocycles. The van der Waals surface area contributed by atoms with E-state index in [0.29, 0.717) is 12.0 Å². The highest BCUT2D eigenvalue weighted by Gasteiger charge is 2.35. The molecule has 0 unspecified atom stereocenters. The van der Waals surface area contributed by atoms with Gasteiger partial charge in [0.2, 0.25) is 0 Å². The minimum absolute atomic E-state index is 0.469. The van der Waals surface area contributed by atoms with Crippen molar-refractivity contribution in [2.24, 2.45) is 11.1 Å². The molecule has 1 saturated heterocycles. The van der Waals surface area contributed by atoms with Crippen LogP contribution in [0.4, 0.5) is 5.82 Å². The third kappa shape index (κ3) is 2.73. The first-order chi connectivity index (χ1) is 9.31. The zero-order chi connectivity index (χ0) is 13.1. The molecule has 104 valence electrons. The number of anilines is 1. The van der Waals surface area contributed by atoms with Gasteiger partial charge in [-0.1, -0.05) is 19.3 Å². The van der Waals surface area contributed by atoms with Crippen molar-refractivity contribution in [3.63, 3.8) is 0 Å². The molecule has 2 fully saturated rings. The summed E-state index contributed by atoms with van der Waals surface area (Å²) in [6, 6.07) is 0. The number of nitrogens with zero attached hydrogens (tertiary/aromatic N) is 3. The van der Waals surface area contributed by atoms with Gasteiger partial charge in [-0.3, -0.25) is 4.98 Å². The summed E-state index contributed by atoms with van der Waals surface area (Å²) >= 11 is 0. The first-order valence-corrected chi connectivity index (χ1v) is 7.57. The maximum Gasteiger partial charge on any atom is 0.147 e. The van der Waals surface area contributed by atoms with Gasteiger partial charge in [0.1, 0.15) is 5.82 Å². The van der Waals surface area contributed by atoms with E-state index < -0.39 is 0 Å². The SMILES string of the molecule is NCc1cnc(N2CCC3(CCCCC3)CC2)cn1. The fraction of sp³-hybridized carbons (Fsp3) is 0.733. The normalized spacial score (nSPS) is 22.7. The van der Waals surface area contributed by atoms with Gasteiger partial charge in [-0.25, -0.2) is 4.98 Å². The average molecular weight is 260 g/mol. The molecule has 0 atom stereocenters. The third-order valence-corrected chi connectivity index (χ3v) is 4.96. The number of piperidine rings is 1. The van der Waals surface area contributed by atoms with Crippen molar-refractivity contribution in [2.45, 2.75) is 51.5 Å². The van der Waals surface area contributed by atoms with Crippen molar-refractivity contribution in [3.8, 4) is 0 Å². The number of rotatable bonds is 2. The Morgan fingerprint density at radius 1 is 1.00 bits per heavy atom. The predicted octanol–water partition coefficient (Wildman–Crippen LogP) is 2.49. The maximum absolute atomic E-state index is 5.56. The fourth-order valence-corrected chi connectivity index (χ4v) is 3.63. The molecule has 1 saturated carbocycles. The zero-order valence-corrected chi connectivity index (χ0v) is 11.6. The maximum atomic E-state index is 5.56. The van der Waals surface area contributed by atoms with Crippen molar-refractivity contribution >= 4 is 5.82 Å². The van der Waals surface area contributed by atoms with Crippen LogP contribution in [0.15, 0.2) is 12.4 Å². The molecule has 4 heteroatoms. The number of hydrogen-bond donors (Lipinski definition) is 1. The van der Waals surface area contributed by atoms with Crippen LogP contribution >= 0.6 is 0 Å². The third-order valence-electron chi connectivity index (χ3n) is 4.96. The van der Waals surface area contributed by atoms with Gasteiger partial charge in [-0.15, -0.1) is 0 Å². The van der Waals surface area contributed by atoms with Crippen molar-refractivity contribution in [3.05, 3.63) is 18.1 Å². The van der Waals surface area contributed by atoms with Gasteiger partial charge in [0.25, 0.3) is 0 Å². The largest absolute Gasteiger partial charge is 0.355 e. The van der Waals surface area contributed by atoms with Crippen LogP contribution in [0.3, 0.4) is 0 Å². The minimum Gasteiger partial charge on any atom is -0.355 e. The van der Waals surface area contributed by atoms with Crippen LogP contribution in [0.5, 0.6) is 0 Å². The number of aromatic nitrogens is 2. The lowest BCUT2D eigenvalue weighted by atomic mass is 9.68. The first-order valence-electron chi connectivity index (χ1n) is 7.57. The Balaban J connectivity index is 1.62. The summed E-state index contributed by atoms with van der Waals surface area (Å²) in [5, 5.41) is 0. The van der Waals surface area contributed by atoms with E-state index in [1.807, 2.05) is 6.20 Å². The molecule has 2 N–H and O–H groups in total. The second-order valence-corrected chi connectivity index (χ2v) is 6.12. The predicted molar refractivity (Wildman–Crippen MR) is 76.9 cm³/mol. The van der Waals surface area contributed by atoms with Crippen LogP contribution in [0.25, 0.3) is 0 Å². The molecule has 0 aromatic carbocycles. The van der Waals surface area contributed by atoms with E-state index in [4.69, 9.17) is 5.73 Å². The van der Waals surface area contributed by atoms with Crippen LogP contribution in [0, 0.1) is 5.41 Å². The number of hydrogen-bond acceptors (Lipinski definition) is 4. The Labute approximate surface area is 115 Å². The molecule has 1 aliphatic heterocycles. The van der Waals surface area contributed by atoms with Crippen molar-refractivity contribution < 1.29 is 0 Å². The zero-order valence-electron chi connectivity index (χ0n) is 11.6. The molecule has 2 heterocycles. The standard InChI is InChI=1S/C15H24N4/c16-10-13-11-18-14(12-17-13)19-8-6-15(7-9-19)4-2-1-3-5-15/h11-12H,1-10,16H2. The lowest BCUT2D eigenvalue weighted by Gasteiger charge is -2.44. The van der Waals surface area contributed by atoms with E-state index in [-0.39, 0.29) is 0 Å². The number of nitrogens with two attached hydrogens (primary N) is 1. The minimum atomic E-state index is 0.469. The Bertz CT molecular complexity index is 399. The van der Waals surface area contributed by atoms with Gasteiger partial charge in [0, 0.05) is 19.6 Å². The highest BCUT2D eigenvalue weighted by molar-refractivity contribution is 5.36. The smallest absolute Gasteiger partial charge is 0.147 e. The molecule has 1 aromatic rings. The Morgan fingerprint density at radius 2 is 1.74 bits per heavy atom.